The van der Waals surface area contributed by atoms with Crippen LogP contribution in [0.15, 0.2) is 121 Å². The second-order valence-electron chi connectivity index (χ2n) is 12.7. The summed E-state index contributed by atoms with van der Waals surface area (Å²) in [5.41, 5.74) is -6.68. The fraction of sp³-hybridized carbons (Fsp3) is 0.300. The van der Waals surface area contributed by atoms with Gasteiger partial charge in [-0.1, -0.05) is 121 Å². The van der Waals surface area contributed by atoms with Crippen molar-refractivity contribution in [2.24, 2.45) is 0 Å². The molecule has 4 aromatic rings. The van der Waals surface area contributed by atoms with Crippen molar-refractivity contribution in [3.05, 3.63) is 144 Å². The average Bonchev–Trinajstić information content (AvgIpc) is 3.18. The number of carboxylic acid groups (broad SMARTS) is 2. The smallest absolute Gasteiger partial charge is 0.209 e. The van der Waals surface area contributed by atoms with E-state index in [4.69, 9.17) is 0 Å². The molecule has 2 heterocycles. The Morgan fingerprint density at radius 1 is 0.519 bits per heavy atom. The van der Waals surface area contributed by atoms with Crippen molar-refractivity contribution in [2.75, 3.05) is 13.1 Å². The van der Waals surface area contributed by atoms with E-state index in [9.17, 15) is 49.8 Å². The normalized spacial score (nSPS) is 22.0. The fourth-order valence-corrected chi connectivity index (χ4v) is 6.40. The van der Waals surface area contributed by atoms with E-state index in [0.717, 1.165) is 63.0 Å². The molecule has 274 valence electrons. The first-order chi connectivity index (χ1) is 24.9. The van der Waals surface area contributed by atoms with Crippen LogP contribution in [0.3, 0.4) is 0 Å². The molecule has 2 aliphatic rings. The summed E-state index contributed by atoms with van der Waals surface area (Å²) in [6.07, 6.45) is 3.80. The van der Waals surface area contributed by atoms with Crippen LogP contribution < -0.4 is 20.8 Å². The van der Waals surface area contributed by atoms with Crippen molar-refractivity contribution in [3.63, 3.8) is 0 Å². The molecule has 6 atom stereocenters. The third-order valence-corrected chi connectivity index (χ3v) is 9.29. The van der Waals surface area contributed by atoms with Gasteiger partial charge >= 0.3 is 0 Å². The number of Topliss-reactive ketones (excluding diaryl/α,β-unsaturated/α-hetero) is 2. The maximum atomic E-state index is 12.5. The van der Waals surface area contributed by atoms with Crippen molar-refractivity contribution < 1.29 is 60.5 Å². The number of nitrogens with two attached hydrogens (primary N) is 2. The zero-order chi connectivity index (χ0) is 37.7. The van der Waals surface area contributed by atoms with Crippen molar-refractivity contribution in [3.8, 4) is 0 Å². The molecule has 4 aromatic carbocycles. The van der Waals surface area contributed by atoms with Gasteiger partial charge in [-0.25, -0.2) is 0 Å². The van der Waals surface area contributed by atoms with Gasteiger partial charge in [0.1, 0.15) is 24.3 Å². The average molecular weight is 713 g/mol. The van der Waals surface area contributed by atoms with Crippen LogP contribution >= 0.6 is 0 Å². The first kappa shape index (κ1) is 39.7. The van der Waals surface area contributed by atoms with Crippen LogP contribution in [-0.2, 0) is 9.59 Å². The van der Waals surface area contributed by atoms with Crippen LogP contribution in [0.2, 0.25) is 0 Å². The molecule has 52 heavy (non-hydrogen) atoms. The van der Waals surface area contributed by atoms with Gasteiger partial charge in [0.05, 0.1) is 25.0 Å². The number of quaternary nitrogens is 2. The lowest BCUT2D eigenvalue weighted by atomic mass is 9.73. The number of hydrogen-bond donors (Lipinski definition) is 6. The molecular weight excluding hydrogens is 668 g/mol. The maximum absolute atomic E-state index is 12.5. The van der Waals surface area contributed by atoms with Gasteiger partial charge in [0.15, 0.2) is 0 Å². The number of piperidine rings is 2. The van der Waals surface area contributed by atoms with E-state index in [0.29, 0.717) is 0 Å². The minimum Gasteiger partial charge on any atom is -0.546 e. The lowest BCUT2D eigenvalue weighted by Gasteiger charge is -2.42. The number of carboxylic acids is 2. The molecule has 2 unspecified atom stereocenters. The molecule has 0 amide bonds. The summed E-state index contributed by atoms with van der Waals surface area (Å²) in [6, 6.07) is 33.5. The Labute approximate surface area is 301 Å². The van der Waals surface area contributed by atoms with Gasteiger partial charge in [0.2, 0.25) is 22.8 Å². The molecule has 0 saturated carbocycles. The molecule has 8 N–H and O–H groups in total. The monoisotopic (exact) mass is 712 g/mol. The van der Waals surface area contributed by atoms with Crippen LogP contribution in [0, 0.1) is 0 Å². The number of rotatable bonds is 9. The Kier molecular flexibility index (Phi) is 14.1. The minimum absolute atomic E-state index is 0.170. The highest BCUT2D eigenvalue weighted by Gasteiger charge is 2.62. The topological polar surface area (TPSA) is 229 Å². The number of carbonyl (C=O) groups is 4. The van der Waals surface area contributed by atoms with Gasteiger partial charge in [0.25, 0.3) is 0 Å². The van der Waals surface area contributed by atoms with Gasteiger partial charge in [-0.2, -0.15) is 0 Å². The lowest BCUT2D eigenvalue weighted by molar-refractivity contribution is -0.712. The van der Waals surface area contributed by atoms with Gasteiger partial charge in [-0.3, -0.25) is 9.59 Å². The van der Waals surface area contributed by atoms with E-state index in [-0.39, 0.29) is 24.3 Å². The Hall–Kier alpha value is -5.08. The number of hydrogen-bond acceptors (Lipinski definition) is 10. The van der Waals surface area contributed by atoms with Crippen LogP contribution in [0.4, 0.5) is 0 Å². The van der Waals surface area contributed by atoms with Gasteiger partial charge in [-0.15, -0.1) is 0 Å². The summed E-state index contributed by atoms with van der Waals surface area (Å²) in [4.78, 5) is 48.1. The Bertz CT molecular complexity index is 1630. The third-order valence-electron chi connectivity index (χ3n) is 9.29. The molecule has 6 rings (SSSR count). The number of benzene rings is 4. The number of aliphatic carboxylic acids is 2. The van der Waals surface area contributed by atoms with Crippen molar-refractivity contribution in [2.45, 2.75) is 61.2 Å². The van der Waals surface area contributed by atoms with Gasteiger partial charge < -0.3 is 50.9 Å². The van der Waals surface area contributed by atoms with Crippen LogP contribution in [0.25, 0.3) is 0 Å². The Balaban J connectivity index is 0.000000193. The van der Waals surface area contributed by atoms with Gasteiger partial charge in [-0.05, 0) is 25.7 Å². The lowest BCUT2D eigenvalue weighted by Crippen LogP contribution is -2.89. The molecule has 2 saturated heterocycles. The molecular formula is C40H44N2O10. The van der Waals surface area contributed by atoms with Crippen molar-refractivity contribution in [1.82, 2.24) is 0 Å². The second kappa shape index (κ2) is 18.4. The Morgan fingerprint density at radius 3 is 1.08 bits per heavy atom. The first-order valence-corrected chi connectivity index (χ1v) is 17.1. The predicted molar refractivity (Wildman–Crippen MR) is 184 cm³/mol. The summed E-state index contributed by atoms with van der Waals surface area (Å²) in [7, 11) is 0. The summed E-state index contributed by atoms with van der Waals surface area (Å²) in [6.45, 7) is 2.27. The molecule has 2 aliphatic heterocycles. The van der Waals surface area contributed by atoms with E-state index in [2.05, 4.69) is 34.9 Å². The number of carbonyl (C=O) groups excluding carboxylic acids is 4. The number of aliphatic hydroxyl groups is 4. The van der Waals surface area contributed by atoms with Crippen molar-refractivity contribution in [1.29, 1.82) is 0 Å². The van der Waals surface area contributed by atoms with Gasteiger partial charge in [0, 0.05) is 22.3 Å². The molecule has 2 fully saturated rings. The zero-order valence-electron chi connectivity index (χ0n) is 28.5. The molecule has 0 aliphatic carbocycles. The summed E-state index contributed by atoms with van der Waals surface area (Å²) in [5.74, 6) is -8.81. The molecule has 0 spiro atoms. The maximum Gasteiger partial charge on any atom is 0.209 e. The Morgan fingerprint density at radius 2 is 0.808 bits per heavy atom. The van der Waals surface area contributed by atoms with E-state index >= 15 is 0 Å². The first-order valence-electron chi connectivity index (χ1n) is 17.1. The summed E-state index contributed by atoms with van der Waals surface area (Å²) >= 11 is 0. The highest BCUT2D eigenvalue weighted by molar-refractivity contribution is 6.27. The zero-order valence-corrected chi connectivity index (χ0v) is 28.5. The minimum atomic E-state index is -4.12. The third kappa shape index (κ3) is 9.04. The molecule has 0 aromatic heterocycles. The highest BCUT2D eigenvalue weighted by atomic mass is 16.5. The van der Waals surface area contributed by atoms with E-state index in [1.165, 1.54) is 47.5 Å². The number of ketones is 2. The molecule has 0 bridgehead atoms. The van der Waals surface area contributed by atoms with Crippen LogP contribution in [0.5, 0.6) is 0 Å². The standard InChI is InChI=1S/C18H14O8.2C11H15NO/c19-13(11-7-3-1-4-8-11)17(25,15(21)22)18(26,16(23)24)14(20)12-9-5-2-6-10-12;2*13-10-7-4-8-12-11(10)9-5-2-1-3-6-9/h1-10,25-26H,(H,21,22)(H,23,24);2*1-3,5-6,10-13H,4,7-8H2/t;2*10-,11-/m.11/s1. The largest absolute Gasteiger partial charge is 0.546 e. The quantitative estimate of drug-likeness (QED) is 0.0879. The van der Waals surface area contributed by atoms with Crippen LogP contribution in [-0.4, -0.2) is 80.4 Å². The second-order valence-corrected chi connectivity index (χ2v) is 12.7. The van der Waals surface area contributed by atoms with E-state index < -0.39 is 45.8 Å². The van der Waals surface area contributed by atoms with E-state index in [1.54, 1.807) is 0 Å². The van der Waals surface area contributed by atoms with Crippen molar-refractivity contribution >= 4 is 23.5 Å². The van der Waals surface area contributed by atoms with Crippen LogP contribution in [0.1, 0.15) is 69.6 Å². The SMILES string of the molecule is O=C([O-])C(O)(C(=O)c1ccccc1)C(O)(C(=O)[O-])C(=O)c1ccccc1.O[C@@H]1CCC[NH2+][C@@H]1c1ccccc1.O[C@@H]1CCC[NH2+][C@@H]1c1ccccc1. The molecule has 12 nitrogen and oxygen atoms in total. The predicted octanol–water partition coefficient (Wildman–Crippen LogP) is -1.39. The highest BCUT2D eigenvalue weighted by Crippen LogP contribution is 2.30. The number of aliphatic hydroxyl groups excluding tert-OH is 2. The van der Waals surface area contributed by atoms with E-state index in [1.807, 2.05) is 36.4 Å². The molecule has 12 heteroatoms. The summed E-state index contributed by atoms with van der Waals surface area (Å²) in [5, 5.41) is 68.0. The molecule has 0 radical (unpaired) electrons. The summed E-state index contributed by atoms with van der Waals surface area (Å²) < 4.78 is 0. The fourth-order valence-electron chi connectivity index (χ4n) is 6.40.